The normalized spacial score (nSPS) is 54.6. The van der Waals surface area contributed by atoms with Crippen LogP contribution in [0.3, 0.4) is 0 Å². The molecule has 0 radical (unpaired) electrons. The first-order valence-electron chi connectivity index (χ1n) is 13.6. The summed E-state index contributed by atoms with van der Waals surface area (Å²) < 4.78 is 0. The Bertz CT molecular complexity index is 734. The topological polar surface area (TPSA) is 142 Å². The molecule has 4 fully saturated rings. The fourth-order valence-electron chi connectivity index (χ4n) is 9.52. The molecule has 7 nitrogen and oxygen atoms in total. The van der Waals surface area contributed by atoms with Crippen molar-refractivity contribution >= 4 is 0 Å². The molecule has 0 aromatic heterocycles. The molecule has 0 aromatic carbocycles. The predicted molar refractivity (Wildman–Crippen MR) is 128 cm³/mol. The molecule has 4 saturated carbocycles. The van der Waals surface area contributed by atoms with Gasteiger partial charge in [0.1, 0.15) is 11.7 Å². The molecule has 0 aromatic rings. The Labute approximate surface area is 204 Å². The molecule has 4 aliphatic carbocycles. The summed E-state index contributed by atoms with van der Waals surface area (Å²) in [5, 5.41) is 77.2. The summed E-state index contributed by atoms with van der Waals surface area (Å²) in [4.78, 5) is 0. The Morgan fingerprint density at radius 1 is 0.853 bits per heavy atom. The molecule has 4 rings (SSSR count). The third-order valence-corrected chi connectivity index (χ3v) is 11.2. The van der Waals surface area contributed by atoms with Crippen molar-refractivity contribution in [2.24, 2.45) is 46.3 Å². The van der Waals surface area contributed by atoms with Crippen LogP contribution >= 0.6 is 0 Å². The van der Waals surface area contributed by atoms with Gasteiger partial charge in [0.2, 0.25) is 0 Å². The summed E-state index contributed by atoms with van der Waals surface area (Å²) in [5.74, 6) is -1.28. The molecule has 14 atom stereocenters. The van der Waals surface area contributed by atoms with Crippen LogP contribution in [0.25, 0.3) is 0 Å². The number of aliphatic hydroxyl groups is 7. The highest BCUT2D eigenvalue weighted by Crippen LogP contribution is 2.69. The maximum atomic E-state index is 12.3. The van der Waals surface area contributed by atoms with Gasteiger partial charge in [-0.1, -0.05) is 40.5 Å². The van der Waals surface area contributed by atoms with E-state index in [1.54, 1.807) is 0 Å². The van der Waals surface area contributed by atoms with Crippen LogP contribution in [0.5, 0.6) is 0 Å². The molecule has 0 bridgehead atoms. The Kier molecular flexibility index (Phi) is 7.27. The summed E-state index contributed by atoms with van der Waals surface area (Å²) in [6.45, 7) is 8.38. The summed E-state index contributed by atoms with van der Waals surface area (Å²) >= 11 is 0. The van der Waals surface area contributed by atoms with E-state index in [-0.39, 0.29) is 36.2 Å². The molecule has 0 saturated heterocycles. The van der Waals surface area contributed by atoms with Crippen LogP contribution in [0.1, 0.15) is 79.1 Å². The van der Waals surface area contributed by atoms with Gasteiger partial charge in [-0.25, -0.2) is 0 Å². The lowest BCUT2D eigenvalue weighted by Crippen LogP contribution is -2.75. The lowest BCUT2D eigenvalue weighted by Gasteiger charge is -2.67. The second-order valence-electron chi connectivity index (χ2n) is 13.1. The summed E-state index contributed by atoms with van der Waals surface area (Å²) in [5.41, 5.74) is -2.74. The van der Waals surface area contributed by atoms with Crippen molar-refractivity contribution in [2.45, 2.75) is 115 Å². The van der Waals surface area contributed by atoms with Gasteiger partial charge in [-0.2, -0.15) is 0 Å². The Morgan fingerprint density at radius 3 is 2.15 bits per heavy atom. The van der Waals surface area contributed by atoms with Gasteiger partial charge in [0.15, 0.2) is 0 Å². The van der Waals surface area contributed by atoms with Crippen molar-refractivity contribution in [3.8, 4) is 0 Å². The minimum absolute atomic E-state index is 0.101. The first-order valence-corrected chi connectivity index (χ1v) is 13.6. The Hall–Kier alpha value is -0.280. The van der Waals surface area contributed by atoms with Crippen LogP contribution in [0.15, 0.2) is 0 Å². The zero-order valence-electron chi connectivity index (χ0n) is 21.3. The number of hydrogen-bond donors (Lipinski definition) is 7. The quantitative estimate of drug-likeness (QED) is 0.302. The van der Waals surface area contributed by atoms with E-state index in [4.69, 9.17) is 0 Å². The van der Waals surface area contributed by atoms with Crippen molar-refractivity contribution in [3.05, 3.63) is 0 Å². The highest BCUT2D eigenvalue weighted by Gasteiger charge is 2.75. The third-order valence-electron chi connectivity index (χ3n) is 11.2. The van der Waals surface area contributed by atoms with Gasteiger partial charge in [-0.05, 0) is 78.9 Å². The number of fused-ring (bicyclic) bond motifs is 5. The molecule has 0 spiro atoms. The van der Waals surface area contributed by atoms with Gasteiger partial charge in [0, 0.05) is 12.5 Å². The second-order valence-corrected chi connectivity index (χ2v) is 13.1. The van der Waals surface area contributed by atoms with Gasteiger partial charge in [0.05, 0.1) is 24.4 Å². The van der Waals surface area contributed by atoms with E-state index in [2.05, 4.69) is 13.8 Å². The van der Waals surface area contributed by atoms with E-state index in [0.717, 1.165) is 25.7 Å². The maximum absolute atomic E-state index is 12.3. The van der Waals surface area contributed by atoms with Crippen LogP contribution in [0.4, 0.5) is 0 Å². The molecule has 7 N–H and O–H groups in total. The molecule has 0 aliphatic heterocycles. The largest absolute Gasteiger partial charge is 0.396 e. The van der Waals surface area contributed by atoms with Crippen molar-refractivity contribution in [1.29, 1.82) is 0 Å². The van der Waals surface area contributed by atoms with Crippen LogP contribution < -0.4 is 0 Å². The van der Waals surface area contributed by atoms with Crippen LogP contribution in [-0.2, 0) is 0 Å². The van der Waals surface area contributed by atoms with Gasteiger partial charge in [0.25, 0.3) is 0 Å². The number of rotatable bonds is 6. The van der Waals surface area contributed by atoms with Gasteiger partial charge in [-0.3, -0.25) is 0 Å². The first-order chi connectivity index (χ1) is 15.8. The Balaban J connectivity index is 1.66. The lowest BCUT2D eigenvalue weighted by molar-refractivity contribution is -0.309. The molecular formula is C27H48O7. The van der Waals surface area contributed by atoms with Crippen molar-refractivity contribution in [1.82, 2.24) is 0 Å². The Morgan fingerprint density at radius 2 is 1.50 bits per heavy atom. The van der Waals surface area contributed by atoms with Crippen LogP contribution in [0, 0.1) is 46.3 Å². The number of hydrogen-bond acceptors (Lipinski definition) is 7. The van der Waals surface area contributed by atoms with Crippen LogP contribution in [-0.4, -0.2) is 78.5 Å². The van der Waals surface area contributed by atoms with E-state index in [1.807, 2.05) is 13.8 Å². The SMILES string of the molecule is C[C@H](CO)CCC[C@@H](C)[C@H]1[C@@H](O)[C@@H](O)C2[C@@]3(O)C(CC[C@@]21C)[C@@]1(C)CC[C@H](O)CC1[C@@H](O)[C@H]3O. The summed E-state index contributed by atoms with van der Waals surface area (Å²) in [6.07, 6.45) is 0.370. The molecule has 198 valence electrons. The molecule has 34 heavy (non-hydrogen) atoms. The average molecular weight is 485 g/mol. The predicted octanol–water partition coefficient (Wildman–Crippen LogP) is 1.44. The minimum atomic E-state index is -1.71. The van der Waals surface area contributed by atoms with Gasteiger partial charge in [-0.15, -0.1) is 0 Å². The fourth-order valence-corrected chi connectivity index (χ4v) is 9.52. The van der Waals surface area contributed by atoms with E-state index in [9.17, 15) is 35.7 Å². The minimum Gasteiger partial charge on any atom is -0.396 e. The highest BCUT2D eigenvalue weighted by atomic mass is 16.4. The average Bonchev–Trinajstić information content (AvgIpc) is 2.99. The summed E-state index contributed by atoms with van der Waals surface area (Å²) in [6, 6.07) is 0. The standard InChI is InChI=1S/C27H48O7/c1-14(13-28)6-5-7-15(2)19-21(31)22(32)23-26(19,4)11-9-18-25(3)10-8-16(29)12-17(25)20(30)24(33)27(18,23)34/h14-24,28-34H,5-13H2,1-4H3/t14-,15+,16-,17?,18?,19-,20+,21+,22+,23?,24+,25-,26+,27-/m0/s1. The fraction of sp³-hybridized carbons (Fsp3) is 1.00. The smallest absolute Gasteiger partial charge is 0.109 e. The first kappa shape index (κ1) is 26.8. The lowest BCUT2D eigenvalue weighted by atomic mass is 9.41. The van der Waals surface area contributed by atoms with Crippen molar-refractivity contribution in [2.75, 3.05) is 6.61 Å². The monoisotopic (exact) mass is 484 g/mol. The van der Waals surface area contributed by atoms with Gasteiger partial charge >= 0.3 is 0 Å². The van der Waals surface area contributed by atoms with E-state index in [1.165, 1.54) is 0 Å². The second kappa shape index (κ2) is 9.23. The number of aliphatic hydroxyl groups excluding tert-OH is 6. The molecule has 0 amide bonds. The zero-order chi connectivity index (χ0) is 25.2. The third kappa shape index (κ3) is 3.72. The molecule has 7 heteroatoms. The highest BCUT2D eigenvalue weighted by molar-refractivity contribution is 5.24. The zero-order valence-corrected chi connectivity index (χ0v) is 21.3. The van der Waals surface area contributed by atoms with Crippen molar-refractivity contribution in [3.63, 3.8) is 0 Å². The molecule has 0 heterocycles. The maximum Gasteiger partial charge on any atom is 0.109 e. The van der Waals surface area contributed by atoms with Crippen LogP contribution in [0.2, 0.25) is 0 Å². The van der Waals surface area contributed by atoms with Crippen molar-refractivity contribution < 1.29 is 35.7 Å². The van der Waals surface area contributed by atoms with E-state index in [0.29, 0.717) is 25.7 Å². The van der Waals surface area contributed by atoms with E-state index < -0.39 is 52.9 Å². The molecular weight excluding hydrogens is 436 g/mol. The van der Waals surface area contributed by atoms with E-state index >= 15 is 0 Å². The molecule has 4 aliphatic rings. The van der Waals surface area contributed by atoms with Gasteiger partial charge < -0.3 is 35.7 Å². The molecule has 3 unspecified atom stereocenters. The summed E-state index contributed by atoms with van der Waals surface area (Å²) in [7, 11) is 0.